The van der Waals surface area contributed by atoms with E-state index < -0.39 is 58.2 Å². The van der Waals surface area contributed by atoms with E-state index >= 15 is 0 Å². The molecule has 0 amide bonds. The molecule has 0 fully saturated rings. The molecular weight excluding hydrogens is 388 g/mol. The number of hydrogen-bond acceptors (Lipinski definition) is 5. The third-order valence-corrected chi connectivity index (χ3v) is 3.29. The Bertz CT molecular complexity index is 856. The first-order valence-corrected chi connectivity index (χ1v) is 7.08. The second-order valence-electron chi connectivity index (χ2n) is 4.91. The maximum Gasteiger partial charge on any atom is 0.405 e. The van der Waals surface area contributed by atoms with Crippen molar-refractivity contribution in [2.24, 2.45) is 0 Å². The van der Waals surface area contributed by atoms with E-state index in [1.165, 1.54) is 7.05 Å². The van der Waals surface area contributed by atoms with Gasteiger partial charge in [-0.2, -0.15) is 28.4 Å². The quantitative estimate of drug-likeness (QED) is 0.365. The maximum atomic E-state index is 14.0. The van der Waals surface area contributed by atoms with Crippen LogP contribution in [0, 0.1) is 28.9 Å². The standard InChI is InChI=1S/C14H8ClF6N5/c1-26(5-22)13-24-11(15)10(12(25-13)23-4-14(19,20)21)9-7(17)2-6(16)3-8(9)18/h2-3H,4H2,1H3,(H,23,24,25). The smallest absolute Gasteiger partial charge is 0.360 e. The Balaban J connectivity index is 2.70. The summed E-state index contributed by atoms with van der Waals surface area (Å²) in [7, 11) is 1.19. The molecule has 0 spiro atoms. The molecule has 1 heterocycles. The zero-order chi connectivity index (χ0) is 19.6. The minimum absolute atomic E-state index is 0.331. The second-order valence-corrected chi connectivity index (χ2v) is 5.27. The van der Waals surface area contributed by atoms with Gasteiger partial charge in [-0.05, 0) is 0 Å². The maximum absolute atomic E-state index is 14.0. The topological polar surface area (TPSA) is 64.8 Å². The van der Waals surface area contributed by atoms with Gasteiger partial charge in [0.2, 0.25) is 5.95 Å². The predicted molar refractivity (Wildman–Crippen MR) is 80.9 cm³/mol. The van der Waals surface area contributed by atoms with Crippen LogP contribution in [0.4, 0.5) is 38.1 Å². The summed E-state index contributed by atoms with van der Waals surface area (Å²) in [6, 6.07) is 0.662. The normalized spacial score (nSPS) is 11.2. The number of alkyl halides is 3. The number of hydrogen-bond donors (Lipinski definition) is 1. The average molecular weight is 396 g/mol. The van der Waals surface area contributed by atoms with Crippen molar-refractivity contribution in [3.8, 4) is 17.3 Å². The molecule has 0 atom stereocenters. The van der Waals surface area contributed by atoms with Crippen LogP contribution < -0.4 is 10.2 Å². The molecule has 5 nitrogen and oxygen atoms in total. The highest BCUT2D eigenvalue weighted by molar-refractivity contribution is 6.32. The van der Waals surface area contributed by atoms with Gasteiger partial charge in [0.05, 0.1) is 11.1 Å². The van der Waals surface area contributed by atoms with Crippen molar-refractivity contribution in [1.29, 1.82) is 5.26 Å². The summed E-state index contributed by atoms with van der Waals surface area (Å²) in [4.78, 5) is 8.07. The van der Waals surface area contributed by atoms with Gasteiger partial charge < -0.3 is 5.32 Å². The van der Waals surface area contributed by atoms with Crippen LogP contribution in [0.1, 0.15) is 0 Å². The summed E-state index contributed by atoms with van der Waals surface area (Å²) in [6.45, 7) is -1.60. The first kappa shape index (κ1) is 19.6. The molecule has 1 aromatic carbocycles. The SMILES string of the molecule is CN(C#N)c1nc(Cl)c(-c2c(F)cc(F)cc2F)c(NCC(F)(F)F)n1. The first-order valence-electron chi connectivity index (χ1n) is 6.70. The van der Waals surface area contributed by atoms with Crippen molar-refractivity contribution in [2.45, 2.75) is 6.18 Å². The molecular formula is C14H8ClF6N5. The van der Waals surface area contributed by atoms with E-state index in [0.717, 1.165) is 4.90 Å². The lowest BCUT2D eigenvalue weighted by Crippen LogP contribution is -2.23. The van der Waals surface area contributed by atoms with Crippen molar-refractivity contribution in [1.82, 2.24) is 9.97 Å². The monoisotopic (exact) mass is 395 g/mol. The molecule has 2 rings (SSSR count). The number of nitriles is 1. The molecule has 0 radical (unpaired) electrons. The van der Waals surface area contributed by atoms with Crippen molar-refractivity contribution in [3.63, 3.8) is 0 Å². The van der Waals surface area contributed by atoms with E-state index in [1.54, 1.807) is 6.19 Å². The van der Waals surface area contributed by atoms with E-state index in [9.17, 15) is 26.3 Å². The Morgan fingerprint density at radius 2 is 1.73 bits per heavy atom. The van der Waals surface area contributed by atoms with Gasteiger partial charge in [-0.3, -0.25) is 4.90 Å². The van der Waals surface area contributed by atoms with Gasteiger partial charge >= 0.3 is 6.18 Å². The fourth-order valence-electron chi connectivity index (χ4n) is 1.93. The van der Waals surface area contributed by atoms with Crippen molar-refractivity contribution >= 4 is 23.4 Å². The Labute approximate surface area is 147 Å². The summed E-state index contributed by atoms with van der Waals surface area (Å²) in [5.74, 6) is -5.14. The fraction of sp³-hybridized carbons (Fsp3) is 0.214. The van der Waals surface area contributed by atoms with Gasteiger partial charge in [-0.1, -0.05) is 11.6 Å². The van der Waals surface area contributed by atoms with Crippen LogP contribution in [-0.2, 0) is 0 Å². The number of nitrogens with one attached hydrogen (secondary N) is 1. The van der Waals surface area contributed by atoms with Crippen molar-refractivity contribution in [2.75, 3.05) is 23.8 Å². The Morgan fingerprint density at radius 3 is 2.23 bits per heavy atom. The number of aromatic nitrogens is 2. The van der Waals surface area contributed by atoms with E-state index in [-0.39, 0.29) is 0 Å². The van der Waals surface area contributed by atoms with Crippen LogP contribution in [0.25, 0.3) is 11.1 Å². The number of benzene rings is 1. The zero-order valence-corrected chi connectivity index (χ0v) is 13.6. The first-order chi connectivity index (χ1) is 12.0. The van der Waals surface area contributed by atoms with Crippen LogP contribution >= 0.6 is 11.6 Å². The van der Waals surface area contributed by atoms with E-state index in [1.807, 2.05) is 5.32 Å². The predicted octanol–water partition coefficient (Wildman–Crippen LogP) is 4.11. The van der Waals surface area contributed by atoms with E-state index in [0.29, 0.717) is 12.1 Å². The summed E-state index contributed by atoms with van der Waals surface area (Å²) in [5, 5.41) is 10.0. The number of anilines is 2. The lowest BCUT2D eigenvalue weighted by atomic mass is 10.1. The molecule has 1 N–H and O–H groups in total. The molecule has 2 aromatic rings. The summed E-state index contributed by atoms with van der Waals surface area (Å²) in [6.07, 6.45) is -3.09. The van der Waals surface area contributed by atoms with Crippen LogP contribution in [0.15, 0.2) is 12.1 Å². The molecule has 1 aromatic heterocycles. The molecule has 0 unspecified atom stereocenters. The number of rotatable bonds is 4. The van der Waals surface area contributed by atoms with Crippen LogP contribution in [0.3, 0.4) is 0 Å². The van der Waals surface area contributed by atoms with Crippen LogP contribution in [0.5, 0.6) is 0 Å². The molecule has 138 valence electrons. The van der Waals surface area contributed by atoms with Gasteiger partial charge in [0.25, 0.3) is 0 Å². The molecule has 0 saturated heterocycles. The van der Waals surface area contributed by atoms with E-state index in [2.05, 4.69) is 9.97 Å². The average Bonchev–Trinajstić information content (AvgIpc) is 2.52. The highest BCUT2D eigenvalue weighted by Gasteiger charge is 2.29. The highest BCUT2D eigenvalue weighted by atomic mass is 35.5. The minimum Gasteiger partial charge on any atom is -0.360 e. The minimum atomic E-state index is -4.68. The van der Waals surface area contributed by atoms with Crippen LogP contribution in [0.2, 0.25) is 5.15 Å². The molecule has 0 aliphatic rings. The number of nitrogens with zero attached hydrogens (tertiary/aromatic N) is 4. The van der Waals surface area contributed by atoms with Gasteiger partial charge in [0.1, 0.15) is 35.0 Å². The lowest BCUT2D eigenvalue weighted by molar-refractivity contribution is -0.115. The van der Waals surface area contributed by atoms with Crippen molar-refractivity contribution in [3.05, 3.63) is 34.7 Å². The Kier molecular flexibility index (Phi) is 5.46. The third kappa shape index (κ3) is 4.26. The summed E-state index contributed by atoms with van der Waals surface area (Å²) in [5.41, 5.74) is -1.55. The molecule has 0 saturated carbocycles. The zero-order valence-electron chi connectivity index (χ0n) is 12.8. The number of halogens is 7. The molecule has 0 aliphatic heterocycles. The highest BCUT2D eigenvalue weighted by Crippen LogP contribution is 2.38. The van der Waals surface area contributed by atoms with Gasteiger partial charge in [0.15, 0.2) is 6.19 Å². The molecule has 12 heteroatoms. The van der Waals surface area contributed by atoms with E-state index in [4.69, 9.17) is 16.9 Å². The van der Waals surface area contributed by atoms with Crippen LogP contribution in [-0.4, -0.2) is 29.7 Å². The van der Waals surface area contributed by atoms with Crippen molar-refractivity contribution < 1.29 is 26.3 Å². The Hall–Kier alpha value is -2.74. The van der Waals surface area contributed by atoms with Gasteiger partial charge in [-0.25, -0.2) is 13.2 Å². The largest absolute Gasteiger partial charge is 0.405 e. The van der Waals surface area contributed by atoms with Gasteiger partial charge in [0, 0.05) is 19.2 Å². The third-order valence-electron chi connectivity index (χ3n) is 3.02. The molecule has 26 heavy (non-hydrogen) atoms. The fourth-order valence-corrected chi connectivity index (χ4v) is 2.19. The molecule has 0 bridgehead atoms. The summed E-state index contributed by atoms with van der Waals surface area (Å²) >= 11 is 5.87. The lowest BCUT2D eigenvalue weighted by Gasteiger charge is -2.17. The second kappa shape index (κ2) is 7.25. The van der Waals surface area contributed by atoms with Gasteiger partial charge in [-0.15, -0.1) is 0 Å². The Morgan fingerprint density at radius 1 is 1.15 bits per heavy atom. The summed E-state index contributed by atoms with van der Waals surface area (Å²) < 4.78 is 78.7. The molecule has 0 aliphatic carbocycles.